The van der Waals surface area contributed by atoms with Crippen LogP contribution in [0.1, 0.15) is 10.4 Å². The molecule has 8 heteroatoms. The summed E-state index contributed by atoms with van der Waals surface area (Å²) in [6.07, 6.45) is 0. The molecule has 5 nitrogen and oxygen atoms in total. The van der Waals surface area contributed by atoms with Gasteiger partial charge in [-0.3, -0.25) is 0 Å². The standard InChI is InChI=1S/C29H17Cl3O5/c30-18-14-15-19-20(16-18)26(37-29(34)17-8-2-1-3-9-17)28(36-24-13-7-5-11-22(24)32)27(25(19)33)35-23-12-6-4-10-21(23)31/h1-16,33H. The largest absolute Gasteiger partial charge is 0.504 e. The van der Waals surface area contributed by atoms with Gasteiger partial charge in [0.15, 0.2) is 11.5 Å². The van der Waals surface area contributed by atoms with Crippen molar-refractivity contribution in [2.45, 2.75) is 0 Å². The Balaban J connectivity index is 1.78. The molecule has 0 saturated carbocycles. The first kappa shape index (κ1) is 24.8. The normalized spacial score (nSPS) is 10.8. The van der Waals surface area contributed by atoms with Gasteiger partial charge in [0.2, 0.25) is 11.5 Å². The molecule has 0 fully saturated rings. The van der Waals surface area contributed by atoms with Crippen LogP contribution in [0, 0.1) is 0 Å². The fraction of sp³-hybridized carbons (Fsp3) is 0. The Hall–Kier alpha value is -3.90. The summed E-state index contributed by atoms with van der Waals surface area (Å²) in [6.45, 7) is 0. The average molecular weight is 552 g/mol. The number of para-hydroxylation sites is 2. The fourth-order valence-corrected chi connectivity index (χ4v) is 4.18. The molecule has 0 radical (unpaired) electrons. The van der Waals surface area contributed by atoms with E-state index in [9.17, 15) is 9.90 Å². The molecule has 5 aromatic carbocycles. The molecule has 0 amide bonds. The monoisotopic (exact) mass is 550 g/mol. The minimum atomic E-state index is -0.653. The van der Waals surface area contributed by atoms with E-state index in [0.29, 0.717) is 26.4 Å². The number of benzene rings is 5. The van der Waals surface area contributed by atoms with Crippen LogP contribution in [0.2, 0.25) is 15.1 Å². The van der Waals surface area contributed by atoms with Gasteiger partial charge in [-0.15, -0.1) is 0 Å². The maximum atomic E-state index is 13.2. The molecular weight excluding hydrogens is 535 g/mol. The van der Waals surface area contributed by atoms with E-state index in [1.54, 1.807) is 97.1 Å². The van der Waals surface area contributed by atoms with Crippen LogP contribution in [0.25, 0.3) is 10.8 Å². The predicted molar refractivity (Wildman–Crippen MR) is 145 cm³/mol. The van der Waals surface area contributed by atoms with Crippen LogP contribution >= 0.6 is 34.8 Å². The molecule has 0 spiro atoms. The first-order valence-corrected chi connectivity index (χ1v) is 12.2. The van der Waals surface area contributed by atoms with E-state index in [0.717, 1.165) is 0 Å². The highest BCUT2D eigenvalue weighted by Gasteiger charge is 2.28. The molecule has 5 aromatic rings. The number of phenolic OH excluding ortho intramolecular Hbond substituents is 1. The zero-order valence-corrected chi connectivity index (χ0v) is 21.2. The summed E-state index contributed by atoms with van der Waals surface area (Å²) in [5.74, 6) is -0.675. The summed E-state index contributed by atoms with van der Waals surface area (Å²) >= 11 is 19.0. The number of rotatable bonds is 6. The number of aromatic hydroxyl groups is 1. The number of phenols is 1. The molecule has 0 aliphatic rings. The van der Waals surface area contributed by atoms with Crippen LogP contribution < -0.4 is 14.2 Å². The first-order chi connectivity index (χ1) is 17.9. The van der Waals surface area contributed by atoms with Crippen molar-refractivity contribution in [1.82, 2.24) is 0 Å². The number of carbonyl (C=O) groups excluding carboxylic acids is 1. The Morgan fingerprint density at radius 2 is 1.19 bits per heavy atom. The fourth-order valence-electron chi connectivity index (χ4n) is 3.66. The number of ether oxygens (including phenoxy) is 3. The van der Waals surface area contributed by atoms with Gasteiger partial charge in [0, 0.05) is 15.8 Å². The van der Waals surface area contributed by atoms with E-state index < -0.39 is 5.97 Å². The average Bonchev–Trinajstić information content (AvgIpc) is 2.91. The number of hydrogen-bond acceptors (Lipinski definition) is 5. The molecule has 184 valence electrons. The minimum absolute atomic E-state index is 0.0221. The summed E-state index contributed by atoms with van der Waals surface area (Å²) in [7, 11) is 0. The van der Waals surface area contributed by atoms with Gasteiger partial charge in [0.05, 0.1) is 15.6 Å². The van der Waals surface area contributed by atoms with Crippen molar-refractivity contribution in [2.24, 2.45) is 0 Å². The first-order valence-electron chi connectivity index (χ1n) is 11.0. The highest BCUT2D eigenvalue weighted by molar-refractivity contribution is 6.32. The molecule has 0 unspecified atom stereocenters. The van der Waals surface area contributed by atoms with Gasteiger partial charge in [-0.1, -0.05) is 77.3 Å². The van der Waals surface area contributed by atoms with E-state index in [-0.39, 0.29) is 39.5 Å². The van der Waals surface area contributed by atoms with Crippen molar-refractivity contribution in [3.63, 3.8) is 0 Å². The summed E-state index contributed by atoms with van der Waals surface area (Å²) in [4.78, 5) is 13.2. The highest BCUT2D eigenvalue weighted by Crippen LogP contribution is 2.54. The Morgan fingerprint density at radius 1 is 0.622 bits per heavy atom. The van der Waals surface area contributed by atoms with Crippen molar-refractivity contribution in [3.8, 4) is 34.5 Å². The van der Waals surface area contributed by atoms with Gasteiger partial charge in [0.25, 0.3) is 0 Å². The molecule has 0 aliphatic carbocycles. The van der Waals surface area contributed by atoms with Crippen LogP contribution in [0.15, 0.2) is 97.1 Å². The Bertz CT molecular complexity index is 1620. The van der Waals surface area contributed by atoms with E-state index >= 15 is 0 Å². The number of halogens is 3. The van der Waals surface area contributed by atoms with Crippen LogP contribution in [0.3, 0.4) is 0 Å². The maximum Gasteiger partial charge on any atom is 0.343 e. The van der Waals surface area contributed by atoms with Crippen molar-refractivity contribution in [1.29, 1.82) is 0 Å². The third-order valence-corrected chi connectivity index (χ3v) is 6.27. The van der Waals surface area contributed by atoms with Crippen LogP contribution in [0.5, 0.6) is 34.5 Å². The van der Waals surface area contributed by atoms with E-state index in [2.05, 4.69) is 0 Å². The third-order valence-electron chi connectivity index (χ3n) is 5.41. The second kappa shape index (κ2) is 10.6. The number of esters is 1. The summed E-state index contributed by atoms with van der Waals surface area (Å²) in [6, 6.07) is 26.7. The third kappa shape index (κ3) is 5.16. The quantitative estimate of drug-likeness (QED) is 0.168. The topological polar surface area (TPSA) is 65.0 Å². The molecule has 0 aliphatic heterocycles. The molecule has 0 atom stereocenters. The van der Waals surface area contributed by atoms with Crippen LogP contribution in [-0.2, 0) is 0 Å². The van der Waals surface area contributed by atoms with E-state index in [1.165, 1.54) is 0 Å². The molecule has 37 heavy (non-hydrogen) atoms. The molecular formula is C29H17Cl3O5. The summed E-state index contributed by atoms with van der Waals surface area (Å²) in [5, 5.41) is 12.9. The van der Waals surface area contributed by atoms with Crippen molar-refractivity contribution < 1.29 is 24.1 Å². The number of carbonyl (C=O) groups is 1. The molecule has 0 heterocycles. The SMILES string of the molecule is O=C(Oc1c(Oc2ccccc2Cl)c(Oc2ccccc2Cl)c(O)c2ccc(Cl)cc12)c1ccccc1. The molecule has 0 saturated heterocycles. The van der Waals surface area contributed by atoms with Crippen molar-refractivity contribution in [2.75, 3.05) is 0 Å². The number of hydrogen-bond donors (Lipinski definition) is 1. The Labute approximate surface area is 227 Å². The second-order valence-corrected chi connectivity index (χ2v) is 9.10. The lowest BCUT2D eigenvalue weighted by molar-refractivity contribution is 0.0732. The lowest BCUT2D eigenvalue weighted by atomic mass is 10.1. The Morgan fingerprint density at radius 3 is 1.81 bits per heavy atom. The van der Waals surface area contributed by atoms with Gasteiger partial charge in [-0.25, -0.2) is 4.79 Å². The maximum absolute atomic E-state index is 13.2. The molecule has 0 aromatic heterocycles. The summed E-state index contributed by atoms with van der Waals surface area (Å²) in [5.41, 5.74) is 0.308. The van der Waals surface area contributed by atoms with E-state index in [1.807, 2.05) is 0 Å². The van der Waals surface area contributed by atoms with Crippen molar-refractivity contribution in [3.05, 3.63) is 118 Å². The van der Waals surface area contributed by atoms with Gasteiger partial charge in [-0.2, -0.15) is 0 Å². The van der Waals surface area contributed by atoms with E-state index in [4.69, 9.17) is 49.0 Å². The number of fused-ring (bicyclic) bond motifs is 1. The van der Waals surface area contributed by atoms with Crippen LogP contribution in [0.4, 0.5) is 0 Å². The minimum Gasteiger partial charge on any atom is -0.504 e. The highest BCUT2D eigenvalue weighted by atomic mass is 35.5. The van der Waals surface area contributed by atoms with Gasteiger partial charge >= 0.3 is 5.97 Å². The lowest BCUT2D eigenvalue weighted by Crippen LogP contribution is -2.10. The predicted octanol–water partition coefficient (Wildman–Crippen LogP) is 9.31. The smallest absolute Gasteiger partial charge is 0.343 e. The van der Waals surface area contributed by atoms with Crippen LogP contribution in [-0.4, -0.2) is 11.1 Å². The Kier molecular flexibility index (Phi) is 7.10. The second-order valence-electron chi connectivity index (χ2n) is 7.85. The van der Waals surface area contributed by atoms with Gasteiger partial charge < -0.3 is 19.3 Å². The zero-order valence-electron chi connectivity index (χ0n) is 19.0. The van der Waals surface area contributed by atoms with Gasteiger partial charge in [-0.05, 0) is 54.6 Å². The molecule has 0 bridgehead atoms. The van der Waals surface area contributed by atoms with Crippen molar-refractivity contribution >= 4 is 51.5 Å². The molecule has 5 rings (SSSR count). The zero-order chi connectivity index (χ0) is 25.9. The summed E-state index contributed by atoms with van der Waals surface area (Å²) < 4.78 is 18.1. The van der Waals surface area contributed by atoms with Gasteiger partial charge in [0.1, 0.15) is 11.5 Å². The molecule has 1 N–H and O–H groups in total. The lowest BCUT2D eigenvalue weighted by Gasteiger charge is -2.20.